The monoisotopic (exact) mass is 437 g/mol. The Labute approximate surface area is 149 Å². The number of nitrogens with zero attached hydrogens (tertiary/aromatic N) is 2. The number of aryl methyl sites for hydroxylation is 2. The van der Waals surface area contributed by atoms with E-state index in [0.29, 0.717) is 6.04 Å². The fourth-order valence-corrected chi connectivity index (χ4v) is 4.16. The maximum atomic E-state index is 6.49. The molecule has 3 nitrogen and oxygen atoms in total. The number of thiophene rings is 1. The van der Waals surface area contributed by atoms with Gasteiger partial charge in [-0.15, -0.1) is 11.3 Å². The summed E-state index contributed by atoms with van der Waals surface area (Å²) in [5.41, 5.74) is 3.44. The van der Waals surface area contributed by atoms with Gasteiger partial charge in [-0.05, 0) is 59.0 Å². The molecular formula is C15H21ClIN3S. The van der Waals surface area contributed by atoms with Crippen LogP contribution < -0.4 is 5.32 Å². The quantitative estimate of drug-likeness (QED) is 0.642. The Balaban J connectivity index is 2.24. The molecule has 0 saturated heterocycles. The Morgan fingerprint density at radius 2 is 2.24 bits per heavy atom. The van der Waals surface area contributed by atoms with E-state index in [9.17, 15) is 0 Å². The molecule has 0 radical (unpaired) electrons. The third-order valence-electron chi connectivity index (χ3n) is 3.53. The lowest BCUT2D eigenvalue weighted by atomic mass is 10.0. The van der Waals surface area contributed by atoms with Crippen LogP contribution in [0.5, 0.6) is 0 Å². The average molecular weight is 438 g/mol. The molecular weight excluding hydrogens is 417 g/mol. The lowest BCUT2D eigenvalue weighted by Gasteiger charge is -2.18. The largest absolute Gasteiger partial charge is 0.310 e. The molecule has 1 atom stereocenters. The summed E-state index contributed by atoms with van der Waals surface area (Å²) < 4.78 is 3.25. The molecule has 1 N–H and O–H groups in total. The van der Waals surface area contributed by atoms with Crippen LogP contribution in [0.25, 0.3) is 0 Å². The van der Waals surface area contributed by atoms with Crippen molar-refractivity contribution in [1.82, 2.24) is 15.1 Å². The Bertz CT molecular complexity index is 594. The Morgan fingerprint density at radius 3 is 2.76 bits per heavy atom. The van der Waals surface area contributed by atoms with Crippen LogP contribution in [0.1, 0.15) is 43.3 Å². The van der Waals surface area contributed by atoms with Crippen LogP contribution in [0.2, 0.25) is 5.02 Å². The van der Waals surface area contributed by atoms with Gasteiger partial charge in [0.25, 0.3) is 0 Å². The van der Waals surface area contributed by atoms with Crippen LogP contribution in [-0.4, -0.2) is 16.3 Å². The minimum Gasteiger partial charge on any atom is -0.310 e. The molecule has 0 amide bonds. The van der Waals surface area contributed by atoms with Crippen molar-refractivity contribution in [2.24, 2.45) is 7.05 Å². The van der Waals surface area contributed by atoms with E-state index in [2.05, 4.69) is 58.3 Å². The third-order valence-corrected chi connectivity index (χ3v) is 5.77. The zero-order chi connectivity index (χ0) is 15.4. The van der Waals surface area contributed by atoms with Gasteiger partial charge in [0.15, 0.2) is 0 Å². The summed E-state index contributed by atoms with van der Waals surface area (Å²) in [6, 6.07) is 2.55. The zero-order valence-corrected chi connectivity index (χ0v) is 16.3. The highest BCUT2D eigenvalue weighted by Crippen LogP contribution is 2.29. The van der Waals surface area contributed by atoms with Crippen LogP contribution >= 0.6 is 45.5 Å². The zero-order valence-electron chi connectivity index (χ0n) is 12.6. The first-order valence-corrected chi connectivity index (χ1v) is 9.58. The van der Waals surface area contributed by atoms with Gasteiger partial charge in [-0.2, -0.15) is 5.10 Å². The van der Waals surface area contributed by atoms with Gasteiger partial charge in [0.1, 0.15) is 0 Å². The summed E-state index contributed by atoms with van der Waals surface area (Å²) in [5.74, 6) is 0. The van der Waals surface area contributed by atoms with Crippen LogP contribution in [0.15, 0.2) is 11.4 Å². The summed E-state index contributed by atoms with van der Waals surface area (Å²) in [5, 5.41) is 11.2. The summed E-state index contributed by atoms with van der Waals surface area (Å²) >= 11 is 10.7. The molecule has 0 saturated carbocycles. The SMILES string of the molecule is CCCNC(Cc1c(Cl)c(CC)nn1C)c1csc(I)c1. The fraction of sp³-hybridized carbons (Fsp3) is 0.533. The van der Waals surface area contributed by atoms with Gasteiger partial charge in [-0.1, -0.05) is 25.4 Å². The first-order valence-electron chi connectivity index (χ1n) is 7.24. The maximum absolute atomic E-state index is 6.49. The van der Waals surface area contributed by atoms with Gasteiger partial charge in [-0.25, -0.2) is 0 Å². The molecule has 0 aliphatic heterocycles. The van der Waals surface area contributed by atoms with Gasteiger partial charge < -0.3 is 5.32 Å². The molecule has 0 spiro atoms. The van der Waals surface area contributed by atoms with Crippen LogP contribution in [0.3, 0.4) is 0 Å². The van der Waals surface area contributed by atoms with E-state index >= 15 is 0 Å². The maximum Gasteiger partial charge on any atom is 0.0850 e. The van der Waals surface area contributed by atoms with E-state index in [4.69, 9.17) is 11.6 Å². The molecule has 21 heavy (non-hydrogen) atoms. The van der Waals surface area contributed by atoms with Crippen LogP contribution in [-0.2, 0) is 19.9 Å². The molecule has 0 aliphatic carbocycles. The van der Waals surface area contributed by atoms with Crippen molar-refractivity contribution in [3.05, 3.63) is 36.3 Å². The highest BCUT2D eigenvalue weighted by atomic mass is 127. The molecule has 0 bridgehead atoms. The minimum absolute atomic E-state index is 0.294. The molecule has 0 fully saturated rings. The van der Waals surface area contributed by atoms with E-state index in [0.717, 1.165) is 42.2 Å². The molecule has 1 unspecified atom stereocenters. The van der Waals surface area contributed by atoms with Crippen LogP contribution in [0, 0.1) is 2.88 Å². The second-order valence-electron chi connectivity index (χ2n) is 5.08. The van der Waals surface area contributed by atoms with E-state index in [1.807, 2.05) is 11.7 Å². The standard InChI is InChI=1S/C15H21ClIN3S/c1-4-6-18-12(10-7-14(17)21-9-10)8-13-15(16)11(5-2)19-20(13)3/h7,9,12,18H,4-6,8H2,1-3H3. The van der Waals surface area contributed by atoms with Crippen molar-refractivity contribution in [3.63, 3.8) is 0 Å². The van der Waals surface area contributed by atoms with E-state index < -0.39 is 0 Å². The summed E-state index contributed by atoms with van der Waals surface area (Å²) in [6.07, 6.45) is 2.86. The number of nitrogens with one attached hydrogen (secondary N) is 1. The van der Waals surface area contributed by atoms with Gasteiger partial charge >= 0.3 is 0 Å². The summed E-state index contributed by atoms with van der Waals surface area (Å²) in [7, 11) is 1.98. The van der Waals surface area contributed by atoms with Crippen LogP contribution in [0.4, 0.5) is 0 Å². The second-order valence-corrected chi connectivity index (χ2v) is 8.26. The molecule has 2 aromatic heterocycles. The van der Waals surface area contributed by atoms with Crippen molar-refractivity contribution >= 4 is 45.5 Å². The van der Waals surface area contributed by atoms with E-state index in [1.165, 1.54) is 8.45 Å². The predicted molar refractivity (Wildman–Crippen MR) is 99.4 cm³/mol. The second kappa shape index (κ2) is 7.94. The first-order chi connectivity index (χ1) is 10.1. The normalized spacial score (nSPS) is 12.8. The smallest absolute Gasteiger partial charge is 0.0850 e. The van der Waals surface area contributed by atoms with Crippen molar-refractivity contribution in [2.75, 3.05) is 6.54 Å². The molecule has 0 aliphatic rings. The highest BCUT2D eigenvalue weighted by Gasteiger charge is 2.19. The molecule has 2 heterocycles. The van der Waals surface area contributed by atoms with Crippen molar-refractivity contribution in [3.8, 4) is 0 Å². The molecule has 6 heteroatoms. The molecule has 2 rings (SSSR count). The lowest BCUT2D eigenvalue weighted by Crippen LogP contribution is -2.24. The Morgan fingerprint density at radius 1 is 1.48 bits per heavy atom. The number of hydrogen-bond donors (Lipinski definition) is 1. The van der Waals surface area contributed by atoms with Crippen molar-refractivity contribution < 1.29 is 0 Å². The summed E-state index contributed by atoms with van der Waals surface area (Å²) in [6.45, 7) is 5.28. The number of hydrogen-bond acceptors (Lipinski definition) is 3. The summed E-state index contributed by atoms with van der Waals surface area (Å²) in [4.78, 5) is 0. The number of rotatable bonds is 7. The van der Waals surface area contributed by atoms with Gasteiger partial charge in [0, 0.05) is 19.5 Å². The Hall–Kier alpha value is -0.110. The van der Waals surface area contributed by atoms with Crippen molar-refractivity contribution in [1.29, 1.82) is 0 Å². The minimum atomic E-state index is 0.294. The number of halogens is 2. The van der Waals surface area contributed by atoms with E-state index in [1.54, 1.807) is 11.3 Å². The average Bonchev–Trinajstić information content (AvgIpc) is 3.00. The lowest BCUT2D eigenvalue weighted by molar-refractivity contribution is 0.513. The van der Waals surface area contributed by atoms with Gasteiger partial charge in [-0.3, -0.25) is 4.68 Å². The molecule has 2 aromatic rings. The van der Waals surface area contributed by atoms with Gasteiger partial charge in [0.2, 0.25) is 0 Å². The fourth-order valence-electron chi connectivity index (χ4n) is 2.37. The third kappa shape index (κ3) is 4.21. The first kappa shape index (κ1) is 17.2. The van der Waals surface area contributed by atoms with Crippen molar-refractivity contribution in [2.45, 2.75) is 39.2 Å². The van der Waals surface area contributed by atoms with E-state index in [-0.39, 0.29) is 0 Å². The topological polar surface area (TPSA) is 29.9 Å². The number of aromatic nitrogens is 2. The van der Waals surface area contributed by atoms with Gasteiger partial charge in [0.05, 0.1) is 19.3 Å². The molecule has 0 aromatic carbocycles. The predicted octanol–water partition coefficient (Wildman–Crippen LogP) is 4.59. The highest BCUT2D eigenvalue weighted by molar-refractivity contribution is 14.1. The molecule has 116 valence electrons. The Kier molecular flexibility index (Phi) is 6.52.